The fourth-order valence-electron chi connectivity index (χ4n) is 1.80. The number of nitrogens with zero attached hydrogens (tertiary/aromatic N) is 1. The molecule has 0 unspecified atom stereocenters. The van der Waals surface area contributed by atoms with Crippen LogP contribution in [0.25, 0.3) is 0 Å². The molecule has 2 nitrogen and oxygen atoms in total. The number of hydrogen-bond donors (Lipinski definition) is 1. The topological polar surface area (TPSA) is 38.4 Å². The second-order valence-electron chi connectivity index (χ2n) is 4.63. The first-order chi connectivity index (χ1) is 9.60. The molecule has 0 atom stereocenters. The minimum atomic E-state index is -0.613. The summed E-state index contributed by atoms with van der Waals surface area (Å²) in [5, 5.41) is 0.405. The Hall–Kier alpha value is -1.87. The number of aliphatic imine (C=N–C) groups is 1. The lowest BCUT2D eigenvalue weighted by Gasteiger charge is -2.05. The largest absolute Gasteiger partial charge is 0.383 e. The van der Waals surface area contributed by atoms with Gasteiger partial charge in [0, 0.05) is 16.1 Å². The van der Waals surface area contributed by atoms with Gasteiger partial charge < -0.3 is 5.73 Å². The Balaban J connectivity index is 2.16. The minimum Gasteiger partial charge on any atom is -0.383 e. The van der Waals surface area contributed by atoms with Gasteiger partial charge in [0.05, 0.1) is 6.54 Å². The smallest absolute Gasteiger partial charge is 0.125 e. The van der Waals surface area contributed by atoms with Crippen molar-refractivity contribution < 1.29 is 4.39 Å². The molecule has 0 amide bonds. The van der Waals surface area contributed by atoms with Gasteiger partial charge in [-0.3, -0.25) is 4.99 Å². The molecule has 104 valence electrons. The van der Waals surface area contributed by atoms with E-state index in [2.05, 4.69) is 4.99 Å². The minimum absolute atomic E-state index is 0.386. The van der Waals surface area contributed by atoms with Gasteiger partial charge >= 0.3 is 0 Å². The van der Waals surface area contributed by atoms with E-state index in [-0.39, 0.29) is 0 Å². The number of halogens is 2. The van der Waals surface area contributed by atoms with Gasteiger partial charge in [-0.15, -0.1) is 0 Å². The predicted molar refractivity (Wildman–Crippen MR) is 81.9 cm³/mol. The summed E-state index contributed by atoms with van der Waals surface area (Å²) in [5.41, 5.74) is 9.33. The predicted octanol–water partition coefficient (Wildman–Crippen LogP) is 4.02. The molecule has 0 aliphatic heterocycles. The summed E-state index contributed by atoms with van der Waals surface area (Å²) in [7, 11) is 0. The van der Waals surface area contributed by atoms with E-state index in [9.17, 15) is 4.39 Å². The Labute approximate surface area is 123 Å². The van der Waals surface area contributed by atoms with Crippen LogP contribution in [0.2, 0.25) is 5.02 Å². The molecule has 20 heavy (non-hydrogen) atoms. The van der Waals surface area contributed by atoms with Gasteiger partial charge in [-0.05, 0) is 30.7 Å². The van der Waals surface area contributed by atoms with E-state index in [0.717, 1.165) is 5.56 Å². The molecule has 0 aliphatic rings. The third kappa shape index (κ3) is 3.58. The molecule has 2 aromatic carbocycles. The van der Waals surface area contributed by atoms with Crippen LogP contribution in [0, 0.1) is 6.92 Å². The van der Waals surface area contributed by atoms with Crippen molar-refractivity contribution in [3.63, 3.8) is 0 Å². The average Bonchev–Trinajstić information content (AvgIpc) is 2.47. The lowest BCUT2D eigenvalue weighted by molar-refractivity contribution is 0.485. The average molecular weight is 291 g/mol. The fraction of sp³-hybridized carbons (Fsp3) is 0.188. The van der Waals surface area contributed by atoms with Gasteiger partial charge in [0.1, 0.15) is 12.5 Å². The van der Waals surface area contributed by atoms with Crippen LogP contribution < -0.4 is 5.73 Å². The SMILES string of the molecule is Cc1ccc(CN=C(N)c2ccc(Cl)c(CF)c2)cc1. The molecule has 0 saturated carbocycles. The second kappa shape index (κ2) is 6.53. The van der Waals surface area contributed by atoms with Crippen LogP contribution >= 0.6 is 11.6 Å². The van der Waals surface area contributed by atoms with Crippen LogP contribution in [0.15, 0.2) is 47.5 Å². The number of hydrogen-bond acceptors (Lipinski definition) is 1. The molecule has 0 radical (unpaired) electrons. The number of alkyl halides is 1. The number of benzene rings is 2. The Morgan fingerprint density at radius 1 is 1.20 bits per heavy atom. The number of nitrogens with two attached hydrogens (primary N) is 1. The lowest BCUT2D eigenvalue weighted by Crippen LogP contribution is -2.14. The number of rotatable bonds is 4. The second-order valence-corrected chi connectivity index (χ2v) is 5.03. The third-order valence-electron chi connectivity index (χ3n) is 3.04. The van der Waals surface area contributed by atoms with Crippen molar-refractivity contribution in [2.45, 2.75) is 20.1 Å². The summed E-state index contributed by atoms with van der Waals surface area (Å²) in [5.74, 6) is 0.386. The van der Waals surface area contributed by atoms with Gasteiger partial charge in [-0.25, -0.2) is 4.39 Å². The summed E-state index contributed by atoms with van der Waals surface area (Å²) in [6.07, 6.45) is 0. The number of amidine groups is 1. The molecule has 0 saturated heterocycles. The Morgan fingerprint density at radius 2 is 1.90 bits per heavy atom. The Morgan fingerprint density at radius 3 is 2.55 bits per heavy atom. The maximum Gasteiger partial charge on any atom is 0.125 e. The van der Waals surface area contributed by atoms with E-state index in [1.807, 2.05) is 31.2 Å². The van der Waals surface area contributed by atoms with Crippen molar-refractivity contribution in [1.29, 1.82) is 0 Å². The molecule has 2 N–H and O–H groups in total. The standard InChI is InChI=1S/C16H16ClFN2/c1-11-2-4-12(5-3-11)10-20-16(19)13-6-7-15(17)14(8-13)9-18/h2-8H,9-10H2,1H3,(H2,19,20). The van der Waals surface area contributed by atoms with E-state index in [0.29, 0.717) is 28.5 Å². The highest BCUT2D eigenvalue weighted by Crippen LogP contribution is 2.18. The van der Waals surface area contributed by atoms with E-state index in [4.69, 9.17) is 17.3 Å². The highest BCUT2D eigenvalue weighted by Gasteiger charge is 2.04. The maximum absolute atomic E-state index is 12.8. The summed E-state index contributed by atoms with van der Waals surface area (Å²) in [4.78, 5) is 4.33. The highest BCUT2D eigenvalue weighted by molar-refractivity contribution is 6.31. The monoisotopic (exact) mass is 290 g/mol. The molecule has 0 bridgehead atoms. The molecular weight excluding hydrogens is 275 g/mol. The first-order valence-corrected chi connectivity index (χ1v) is 6.68. The van der Waals surface area contributed by atoms with E-state index in [1.54, 1.807) is 18.2 Å². The fourth-order valence-corrected chi connectivity index (χ4v) is 1.97. The van der Waals surface area contributed by atoms with Crippen molar-refractivity contribution in [3.05, 3.63) is 69.7 Å². The van der Waals surface area contributed by atoms with Crippen LogP contribution in [-0.2, 0) is 13.2 Å². The first kappa shape index (κ1) is 14.5. The van der Waals surface area contributed by atoms with Crippen molar-refractivity contribution in [2.75, 3.05) is 0 Å². The Bertz CT molecular complexity index is 621. The molecule has 2 rings (SSSR count). The van der Waals surface area contributed by atoms with Crippen LogP contribution in [0.1, 0.15) is 22.3 Å². The summed E-state index contributed by atoms with van der Waals surface area (Å²) in [6.45, 7) is 1.92. The van der Waals surface area contributed by atoms with Gasteiger partial charge in [0.2, 0.25) is 0 Å². The zero-order chi connectivity index (χ0) is 14.5. The normalized spacial score (nSPS) is 11.7. The molecule has 0 spiro atoms. The molecular formula is C16H16ClFN2. The van der Waals surface area contributed by atoms with Crippen molar-refractivity contribution in [2.24, 2.45) is 10.7 Å². The van der Waals surface area contributed by atoms with E-state index in [1.165, 1.54) is 5.56 Å². The lowest BCUT2D eigenvalue weighted by atomic mass is 10.1. The maximum atomic E-state index is 12.8. The quantitative estimate of drug-likeness (QED) is 0.670. The van der Waals surface area contributed by atoms with Crippen molar-refractivity contribution in [3.8, 4) is 0 Å². The van der Waals surface area contributed by atoms with Gasteiger partial charge in [-0.2, -0.15) is 0 Å². The third-order valence-corrected chi connectivity index (χ3v) is 3.41. The van der Waals surface area contributed by atoms with Gasteiger partial charge in [0.15, 0.2) is 0 Å². The zero-order valence-corrected chi connectivity index (χ0v) is 12.0. The van der Waals surface area contributed by atoms with Gasteiger partial charge in [-0.1, -0.05) is 41.4 Å². The molecule has 0 heterocycles. The first-order valence-electron chi connectivity index (χ1n) is 6.30. The highest BCUT2D eigenvalue weighted by atomic mass is 35.5. The Kier molecular flexibility index (Phi) is 4.74. The summed E-state index contributed by atoms with van der Waals surface area (Å²) < 4.78 is 12.8. The van der Waals surface area contributed by atoms with Crippen molar-refractivity contribution in [1.82, 2.24) is 0 Å². The van der Waals surface area contributed by atoms with Crippen LogP contribution in [0.3, 0.4) is 0 Å². The van der Waals surface area contributed by atoms with Gasteiger partial charge in [0.25, 0.3) is 0 Å². The molecule has 2 aromatic rings. The molecule has 0 aliphatic carbocycles. The zero-order valence-electron chi connectivity index (χ0n) is 11.2. The van der Waals surface area contributed by atoms with E-state index >= 15 is 0 Å². The summed E-state index contributed by atoms with van der Waals surface area (Å²) in [6, 6.07) is 13.1. The molecule has 0 fully saturated rings. The van der Waals surface area contributed by atoms with Crippen LogP contribution in [-0.4, -0.2) is 5.84 Å². The number of aryl methyl sites for hydroxylation is 1. The van der Waals surface area contributed by atoms with Crippen LogP contribution in [0.4, 0.5) is 4.39 Å². The molecule has 0 aromatic heterocycles. The van der Waals surface area contributed by atoms with Crippen LogP contribution in [0.5, 0.6) is 0 Å². The van der Waals surface area contributed by atoms with Crippen molar-refractivity contribution >= 4 is 17.4 Å². The van der Waals surface area contributed by atoms with E-state index < -0.39 is 6.67 Å². The summed E-state index contributed by atoms with van der Waals surface area (Å²) >= 11 is 5.87. The molecule has 4 heteroatoms.